The van der Waals surface area contributed by atoms with Crippen LogP contribution in [0.2, 0.25) is 0 Å². The van der Waals surface area contributed by atoms with Crippen molar-refractivity contribution in [2.45, 2.75) is 25.8 Å². The molecule has 3 aromatic rings. The standard InChI is InChI=1S/C21H23N3O/c1-15-12-16-6-2-5-9-20(16)24(15)14-21(25)22-11-10-17-13-23-19-8-4-3-7-18(17)19/h2-9,13,15,23H,10-12,14H2,1H3,(H,22,25). The maximum absolute atomic E-state index is 12.4. The Bertz CT molecular complexity index is 899. The highest BCUT2D eigenvalue weighted by Crippen LogP contribution is 2.31. The minimum Gasteiger partial charge on any atom is -0.361 e. The number of benzene rings is 2. The molecule has 1 aromatic heterocycles. The van der Waals surface area contributed by atoms with E-state index >= 15 is 0 Å². The van der Waals surface area contributed by atoms with Crippen LogP contribution in [0.4, 0.5) is 5.69 Å². The highest BCUT2D eigenvalue weighted by Gasteiger charge is 2.26. The van der Waals surface area contributed by atoms with Crippen molar-refractivity contribution in [1.29, 1.82) is 0 Å². The first-order chi connectivity index (χ1) is 12.2. The molecule has 1 amide bonds. The number of amides is 1. The summed E-state index contributed by atoms with van der Waals surface area (Å²) in [6.45, 7) is 3.26. The van der Waals surface area contributed by atoms with Crippen LogP contribution in [0, 0.1) is 0 Å². The SMILES string of the molecule is CC1Cc2ccccc2N1CC(=O)NCCc1c[nH]c2ccccc12. The molecule has 1 atom stereocenters. The largest absolute Gasteiger partial charge is 0.361 e. The summed E-state index contributed by atoms with van der Waals surface area (Å²) < 4.78 is 0. The lowest BCUT2D eigenvalue weighted by Crippen LogP contribution is -2.40. The summed E-state index contributed by atoms with van der Waals surface area (Å²) in [7, 11) is 0. The molecule has 2 N–H and O–H groups in total. The fraction of sp³-hybridized carbons (Fsp3) is 0.286. The van der Waals surface area contributed by atoms with Crippen LogP contribution < -0.4 is 10.2 Å². The number of nitrogens with zero attached hydrogens (tertiary/aromatic N) is 1. The lowest BCUT2D eigenvalue weighted by Gasteiger charge is -2.24. The Kier molecular flexibility index (Phi) is 4.18. The molecule has 4 nitrogen and oxygen atoms in total. The summed E-state index contributed by atoms with van der Waals surface area (Å²) in [6.07, 6.45) is 3.89. The molecule has 0 bridgehead atoms. The Balaban J connectivity index is 1.34. The summed E-state index contributed by atoms with van der Waals surface area (Å²) in [6, 6.07) is 17.0. The number of anilines is 1. The lowest BCUT2D eigenvalue weighted by atomic mass is 10.1. The second-order valence-corrected chi connectivity index (χ2v) is 6.77. The van der Waals surface area contributed by atoms with Gasteiger partial charge in [0.15, 0.2) is 0 Å². The van der Waals surface area contributed by atoms with Crippen molar-refractivity contribution >= 4 is 22.5 Å². The van der Waals surface area contributed by atoms with Gasteiger partial charge in [-0.15, -0.1) is 0 Å². The second-order valence-electron chi connectivity index (χ2n) is 6.77. The predicted molar refractivity (Wildman–Crippen MR) is 102 cm³/mol. The number of aromatic amines is 1. The zero-order chi connectivity index (χ0) is 17.2. The molecular weight excluding hydrogens is 310 g/mol. The molecule has 0 radical (unpaired) electrons. The van der Waals surface area contributed by atoms with Crippen LogP contribution in [0.5, 0.6) is 0 Å². The van der Waals surface area contributed by atoms with Crippen LogP contribution in [0.15, 0.2) is 54.7 Å². The van der Waals surface area contributed by atoms with Crippen LogP contribution in [-0.2, 0) is 17.6 Å². The van der Waals surface area contributed by atoms with Gasteiger partial charge in [-0.2, -0.15) is 0 Å². The Morgan fingerprint density at radius 3 is 2.92 bits per heavy atom. The van der Waals surface area contributed by atoms with Crippen LogP contribution in [0.25, 0.3) is 10.9 Å². The Morgan fingerprint density at radius 2 is 2.00 bits per heavy atom. The number of hydrogen-bond acceptors (Lipinski definition) is 2. The molecule has 0 aliphatic carbocycles. The molecule has 2 aromatic carbocycles. The third kappa shape index (κ3) is 3.12. The molecule has 0 saturated heterocycles. The number of para-hydroxylation sites is 2. The van der Waals surface area contributed by atoms with Crippen LogP contribution in [0.1, 0.15) is 18.1 Å². The maximum atomic E-state index is 12.4. The van der Waals surface area contributed by atoms with E-state index in [0.717, 1.165) is 18.4 Å². The predicted octanol–water partition coefficient (Wildman–Crippen LogP) is 3.28. The van der Waals surface area contributed by atoms with Gasteiger partial charge in [-0.3, -0.25) is 4.79 Å². The van der Waals surface area contributed by atoms with Gasteiger partial charge in [0.05, 0.1) is 6.54 Å². The van der Waals surface area contributed by atoms with Crippen molar-refractivity contribution in [3.05, 3.63) is 65.9 Å². The number of nitrogens with one attached hydrogen (secondary N) is 2. The van der Waals surface area contributed by atoms with Crippen molar-refractivity contribution in [1.82, 2.24) is 10.3 Å². The number of hydrogen-bond donors (Lipinski definition) is 2. The third-order valence-electron chi connectivity index (χ3n) is 5.05. The summed E-state index contributed by atoms with van der Waals surface area (Å²) in [5, 5.41) is 4.30. The van der Waals surface area contributed by atoms with E-state index in [0.29, 0.717) is 19.1 Å². The minimum atomic E-state index is 0.0865. The molecule has 2 heterocycles. The first kappa shape index (κ1) is 15.8. The number of H-pyrrole nitrogens is 1. The average molecular weight is 333 g/mol. The second kappa shape index (κ2) is 6.63. The molecule has 0 saturated carbocycles. The first-order valence-corrected chi connectivity index (χ1v) is 8.88. The zero-order valence-electron chi connectivity index (χ0n) is 14.5. The molecule has 1 unspecified atom stereocenters. The Morgan fingerprint density at radius 1 is 1.20 bits per heavy atom. The van der Waals surface area contributed by atoms with Gasteiger partial charge < -0.3 is 15.2 Å². The molecule has 25 heavy (non-hydrogen) atoms. The maximum Gasteiger partial charge on any atom is 0.239 e. The molecule has 0 fully saturated rings. The molecule has 128 valence electrons. The van der Waals surface area contributed by atoms with Gasteiger partial charge in [-0.05, 0) is 43.0 Å². The first-order valence-electron chi connectivity index (χ1n) is 8.88. The van der Waals surface area contributed by atoms with Gasteiger partial charge >= 0.3 is 0 Å². The van der Waals surface area contributed by atoms with Crippen molar-refractivity contribution in [2.24, 2.45) is 0 Å². The molecule has 1 aliphatic rings. The van der Waals surface area contributed by atoms with Gasteiger partial charge in [0.25, 0.3) is 0 Å². The smallest absolute Gasteiger partial charge is 0.239 e. The fourth-order valence-electron chi connectivity index (χ4n) is 3.76. The van der Waals surface area contributed by atoms with Gasteiger partial charge in [-0.25, -0.2) is 0 Å². The van der Waals surface area contributed by atoms with Crippen LogP contribution >= 0.6 is 0 Å². The lowest BCUT2D eigenvalue weighted by molar-refractivity contribution is -0.119. The van der Waals surface area contributed by atoms with E-state index in [-0.39, 0.29) is 5.91 Å². The van der Waals surface area contributed by atoms with Crippen molar-refractivity contribution in [3.63, 3.8) is 0 Å². The van der Waals surface area contributed by atoms with E-state index in [4.69, 9.17) is 0 Å². The van der Waals surface area contributed by atoms with Crippen molar-refractivity contribution in [2.75, 3.05) is 18.0 Å². The van der Waals surface area contributed by atoms with Crippen molar-refractivity contribution in [3.8, 4) is 0 Å². The summed E-state index contributed by atoms with van der Waals surface area (Å²) in [5.41, 5.74) is 4.92. The van der Waals surface area contributed by atoms with E-state index in [9.17, 15) is 4.79 Å². The zero-order valence-corrected chi connectivity index (χ0v) is 14.5. The highest BCUT2D eigenvalue weighted by atomic mass is 16.2. The van der Waals surface area contributed by atoms with Gasteiger partial charge in [0.2, 0.25) is 5.91 Å². The number of carbonyl (C=O) groups is 1. The van der Waals surface area contributed by atoms with E-state index < -0.39 is 0 Å². The number of carbonyl (C=O) groups excluding carboxylic acids is 1. The molecular formula is C21H23N3O. The summed E-state index contributed by atoms with van der Waals surface area (Å²) in [5.74, 6) is 0.0865. The average Bonchev–Trinajstić information content (AvgIpc) is 3.17. The third-order valence-corrected chi connectivity index (χ3v) is 5.05. The van der Waals surface area contributed by atoms with E-state index in [1.54, 1.807) is 0 Å². The highest BCUT2D eigenvalue weighted by molar-refractivity contribution is 5.84. The molecule has 4 rings (SSSR count). The minimum absolute atomic E-state index is 0.0865. The van der Waals surface area contributed by atoms with Gasteiger partial charge in [0.1, 0.15) is 0 Å². The van der Waals surface area contributed by atoms with Gasteiger partial charge in [-0.1, -0.05) is 36.4 Å². The normalized spacial score (nSPS) is 16.2. The van der Waals surface area contributed by atoms with Gasteiger partial charge in [0, 0.05) is 35.4 Å². The number of fused-ring (bicyclic) bond motifs is 2. The van der Waals surface area contributed by atoms with E-state index in [2.05, 4.69) is 52.5 Å². The monoisotopic (exact) mass is 333 g/mol. The number of aromatic nitrogens is 1. The topological polar surface area (TPSA) is 48.1 Å². The van der Waals surface area contributed by atoms with Crippen LogP contribution in [0.3, 0.4) is 0 Å². The quantitative estimate of drug-likeness (QED) is 0.753. The van der Waals surface area contributed by atoms with E-state index in [1.165, 1.54) is 22.2 Å². The Hall–Kier alpha value is -2.75. The summed E-state index contributed by atoms with van der Waals surface area (Å²) in [4.78, 5) is 17.9. The molecule has 0 spiro atoms. The number of rotatable bonds is 5. The molecule has 1 aliphatic heterocycles. The Labute approximate surface area is 147 Å². The van der Waals surface area contributed by atoms with Crippen molar-refractivity contribution < 1.29 is 4.79 Å². The fourth-order valence-corrected chi connectivity index (χ4v) is 3.76. The molecule has 4 heteroatoms. The summed E-state index contributed by atoms with van der Waals surface area (Å²) >= 11 is 0. The van der Waals surface area contributed by atoms with E-state index in [1.807, 2.05) is 24.4 Å². The van der Waals surface area contributed by atoms with Crippen LogP contribution in [-0.4, -0.2) is 30.0 Å².